The molecule has 0 saturated carbocycles. The lowest BCUT2D eigenvalue weighted by atomic mass is 9.35. The molecule has 2 aliphatic heterocycles. The van der Waals surface area contributed by atoms with E-state index in [0.717, 1.165) is 40.8 Å². The average Bonchev–Trinajstić information content (AvgIpc) is 3.66. The second kappa shape index (κ2) is 14.4. The van der Waals surface area contributed by atoms with E-state index in [-0.39, 0.29) is 28.4 Å². The van der Waals surface area contributed by atoms with Gasteiger partial charge in [-0.3, -0.25) is 0 Å². The second-order valence-corrected chi connectivity index (χ2v) is 22.6. The number of nitrogens with zero attached hydrogens (tertiary/aromatic N) is 2. The Kier molecular flexibility index (Phi) is 9.16. The van der Waals surface area contributed by atoms with Crippen LogP contribution in [0.15, 0.2) is 150 Å². The number of para-hydroxylation sites is 1. The van der Waals surface area contributed by atoms with Crippen LogP contribution in [0.1, 0.15) is 110 Å². The average molecular weight is 849 g/mol. The first-order valence-electron chi connectivity index (χ1n) is 23.8. The van der Waals surface area contributed by atoms with Crippen molar-refractivity contribution in [3.8, 4) is 22.3 Å². The standard InChI is InChI=1S/C61H61BN2O/c1-38-32-52-55-53(33-38)64(50-28-27-43(59(5,6)7)35-45(50)40-18-14-12-15-19-40)51-37-48-47(60(8,9)30-31-61(48,10)11)36-49(51)62(55)57-56(63(52)44-20-16-13-17-21-44)46-34-41(24-29-54(46)65-57)39-22-25-42(26-23-39)58(2,3)4/h12-29,32-37H,30-31H2,1-11H3. The van der Waals surface area contributed by atoms with Crippen molar-refractivity contribution in [1.29, 1.82) is 0 Å². The molecule has 324 valence electrons. The second-order valence-electron chi connectivity index (χ2n) is 22.6. The number of furan rings is 1. The van der Waals surface area contributed by atoms with Crippen molar-refractivity contribution in [2.75, 3.05) is 9.80 Å². The van der Waals surface area contributed by atoms with Crippen LogP contribution in [-0.4, -0.2) is 6.71 Å². The smallest absolute Gasteiger partial charge is 0.297 e. The van der Waals surface area contributed by atoms with Gasteiger partial charge in [0.1, 0.15) is 5.58 Å². The van der Waals surface area contributed by atoms with Crippen LogP contribution in [0.2, 0.25) is 0 Å². The molecule has 3 heterocycles. The molecule has 65 heavy (non-hydrogen) atoms. The topological polar surface area (TPSA) is 19.6 Å². The third-order valence-electron chi connectivity index (χ3n) is 15.1. The van der Waals surface area contributed by atoms with Gasteiger partial charge in [-0.1, -0.05) is 160 Å². The summed E-state index contributed by atoms with van der Waals surface area (Å²) >= 11 is 0. The number of hydrogen-bond acceptors (Lipinski definition) is 3. The van der Waals surface area contributed by atoms with E-state index in [0.29, 0.717) is 0 Å². The molecule has 7 aromatic carbocycles. The summed E-state index contributed by atoms with van der Waals surface area (Å²) in [5.74, 6) is 0. The Morgan fingerprint density at radius 1 is 0.523 bits per heavy atom. The number of rotatable bonds is 4. The van der Waals surface area contributed by atoms with Gasteiger partial charge in [0.2, 0.25) is 0 Å². The van der Waals surface area contributed by atoms with E-state index in [1.54, 1.807) is 0 Å². The lowest BCUT2D eigenvalue weighted by Crippen LogP contribution is -2.61. The number of hydrogen-bond donors (Lipinski definition) is 0. The van der Waals surface area contributed by atoms with Crippen molar-refractivity contribution in [2.45, 2.75) is 111 Å². The molecule has 0 spiro atoms. The fraction of sp³-hybridized carbons (Fsp3) is 0.279. The lowest BCUT2D eigenvalue weighted by molar-refractivity contribution is 0.332. The van der Waals surface area contributed by atoms with Crippen LogP contribution < -0.4 is 26.4 Å². The highest BCUT2D eigenvalue weighted by Gasteiger charge is 2.49. The van der Waals surface area contributed by atoms with Crippen molar-refractivity contribution in [3.63, 3.8) is 0 Å². The van der Waals surface area contributed by atoms with E-state index >= 15 is 0 Å². The number of benzene rings is 7. The minimum atomic E-state index is -0.135. The Hall–Kier alpha value is -6.26. The summed E-state index contributed by atoms with van der Waals surface area (Å²) in [6.45, 7) is 25.7. The largest absolute Gasteiger partial charge is 0.468 e. The Morgan fingerprint density at radius 2 is 1.11 bits per heavy atom. The minimum Gasteiger partial charge on any atom is -0.468 e. The van der Waals surface area contributed by atoms with E-state index in [4.69, 9.17) is 4.42 Å². The molecule has 0 saturated heterocycles. The van der Waals surface area contributed by atoms with Crippen molar-refractivity contribution in [1.82, 2.24) is 0 Å². The van der Waals surface area contributed by atoms with Gasteiger partial charge in [-0.05, 0) is 151 Å². The molecule has 11 rings (SSSR count). The summed E-state index contributed by atoms with van der Waals surface area (Å²) in [7, 11) is 0. The maximum absolute atomic E-state index is 7.40. The van der Waals surface area contributed by atoms with Gasteiger partial charge in [0.05, 0.1) is 17.0 Å². The van der Waals surface area contributed by atoms with Crippen LogP contribution in [0.3, 0.4) is 0 Å². The minimum absolute atomic E-state index is 0.0174. The first kappa shape index (κ1) is 41.4. The molecule has 0 unspecified atom stereocenters. The zero-order valence-corrected chi connectivity index (χ0v) is 40.2. The Labute approximate surface area is 387 Å². The molecular formula is C61H61BN2O. The van der Waals surface area contributed by atoms with Crippen molar-refractivity contribution in [2.24, 2.45) is 0 Å². The molecule has 0 atom stereocenters. The van der Waals surface area contributed by atoms with Gasteiger partial charge in [-0.2, -0.15) is 0 Å². The van der Waals surface area contributed by atoms with Gasteiger partial charge in [0, 0.05) is 33.7 Å². The number of fused-ring (bicyclic) bond motifs is 7. The summed E-state index contributed by atoms with van der Waals surface area (Å²) in [6.07, 6.45) is 2.29. The third kappa shape index (κ3) is 6.61. The van der Waals surface area contributed by atoms with Crippen LogP contribution in [0.4, 0.5) is 34.1 Å². The van der Waals surface area contributed by atoms with Crippen LogP contribution in [0.5, 0.6) is 0 Å². The Balaban J connectivity index is 1.24. The zero-order valence-electron chi connectivity index (χ0n) is 40.2. The summed E-state index contributed by atoms with van der Waals surface area (Å²) in [6, 6.07) is 55.2. The molecule has 3 nitrogen and oxygen atoms in total. The fourth-order valence-corrected chi connectivity index (χ4v) is 11.2. The molecule has 0 amide bonds. The Bertz CT molecular complexity index is 3180. The molecule has 0 radical (unpaired) electrons. The quantitative estimate of drug-likeness (QED) is 0.165. The van der Waals surface area contributed by atoms with Crippen LogP contribution in [0, 0.1) is 6.92 Å². The van der Waals surface area contributed by atoms with E-state index in [1.165, 1.54) is 83.7 Å². The predicted molar refractivity (Wildman–Crippen MR) is 279 cm³/mol. The van der Waals surface area contributed by atoms with E-state index in [1.807, 2.05) is 0 Å². The van der Waals surface area contributed by atoms with Crippen molar-refractivity contribution in [3.05, 3.63) is 173 Å². The van der Waals surface area contributed by atoms with Gasteiger partial charge < -0.3 is 14.2 Å². The highest BCUT2D eigenvalue weighted by atomic mass is 16.3. The number of aryl methyl sites for hydroxylation is 1. The molecule has 1 aliphatic carbocycles. The van der Waals surface area contributed by atoms with Crippen LogP contribution in [0.25, 0.3) is 33.2 Å². The molecule has 3 aliphatic rings. The molecular weight excluding hydrogens is 787 g/mol. The first-order valence-corrected chi connectivity index (χ1v) is 23.8. The fourth-order valence-electron chi connectivity index (χ4n) is 11.2. The summed E-state index contributed by atoms with van der Waals surface area (Å²) in [4.78, 5) is 5.13. The zero-order chi connectivity index (χ0) is 45.4. The molecule has 8 aromatic rings. The van der Waals surface area contributed by atoms with Crippen LogP contribution >= 0.6 is 0 Å². The molecule has 0 fully saturated rings. The predicted octanol–water partition coefficient (Wildman–Crippen LogP) is 15.1. The van der Waals surface area contributed by atoms with Gasteiger partial charge in [0.15, 0.2) is 0 Å². The van der Waals surface area contributed by atoms with E-state index in [2.05, 4.69) is 232 Å². The normalized spacial score (nSPS) is 16.0. The molecule has 4 heteroatoms. The van der Waals surface area contributed by atoms with Gasteiger partial charge in [0.25, 0.3) is 6.71 Å². The van der Waals surface area contributed by atoms with Crippen molar-refractivity contribution >= 4 is 68.4 Å². The van der Waals surface area contributed by atoms with E-state index < -0.39 is 0 Å². The monoisotopic (exact) mass is 848 g/mol. The number of anilines is 6. The maximum Gasteiger partial charge on any atom is 0.297 e. The van der Waals surface area contributed by atoms with Gasteiger partial charge in [-0.15, -0.1) is 0 Å². The Morgan fingerprint density at radius 3 is 1.75 bits per heavy atom. The SMILES string of the molecule is Cc1cc2c3c(c1)N(c1ccccc1)c1c(oc4ccc(-c5ccc(C(C)(C)C)cc5)cc14)B3c1cc3c(cc1N2c1ccc(C(C)(C)C)cc1-c1ccccc1)C(C)(C)CCC3(C)C. The molecule has 0 N–H and O–H groups in total. The highest BCUT2D eigenvalue weighted by Crippen LogP contribution is 2.53. The molecule has 0 bridgehead atoms. The van der Waals surface area contributed by atoms with Gasteiger partial charge in [-0.25, -0.2) is 0 Å². The van der Waals surface area contributed by atoms with E-state index in [9.17, 15) is 0 Å². The maximum atomic E-state index is 7.40. The first-order chi connectivity index (χ1) is 30.9. The highest BCUT2D eigenvalue weighted by molar-refractivity contribution is 7.00. The lowest BCUT2D eigenvalue weighted by Gasteiger charge is -2.47. The molecule has 1 aromatic heterocycles. The summed E-state index contributed by atoms with van der Waals surface area (Å²) < 4.78 is 7.40. The van der Waals surface area contributed by atoms with Crippen LogP contribution in [-0.2, 0) is 21.7 Å². The van der Waals surface area contributed by atoms with Gasteiger partial charge >= 0.3 is 0 Å². The third-order valence-corrected chi connectivity index (χ3v) is 15.1. The summed E-state index contributed by atoms with van der Waals surface area (Å²) in [5, 5.41) is 1.13. The van der Waals surface area contributed by atoms with Crippen molar-refractivity contribution < 1.29 is 4.42 Å². The summed E-state index contributed by atoms with van der Waals surface area (Å²) in [5.41, 5.74) is 23.3.